The molecule has 0 radical (unpaired) electrons. The monoisotopic (exact) mass is 191 g/mol. The SMILES string of the molecule is [2H]c1nc(Br)c([2H])c(C([2H])([2H])[2H])c1N. The van der Waals surface area contributed by atoms with Gasteiger partial charge in [0, 0.05) is 4.11 Å². The summed E-state index contributed by atoms with van der Waals surface area (Å²) in [5.41, 5.74) is 4.79. The second-order valence-corrected chi connectivity index (χ2v) is 2.18. The summed E-state index contributed by atoms with van der Waals surface area (Å²) in [6.45, 7) is -2.50. The summed E-state index contributed by atoms with van der Waals surface area (Å²) >= 11 is 2.90. The smallest absolute Gasteiger partial charge is 0.106 e. The van der Waals surface area contributed by atoms with Gasteiger partial charge in [0.25, 0.3) is 0 Å². The molecule has 0 aliphatic carbocycles. The molecule has 48 valence electrons. The summed E-state index contributed by atoms with van der Waals surface area (Å²) in [4.78, 5) is 3.57. The minimum Gasteiger partial charge on any atom is -0.397 e. The quantitative estimate of drug-likeness (QED) is 0.635. The number of rotatable bonds is 0. The second-order valence-electron chi connectivity index (χ2n) is 1.43. The zero-order valence-corrected chi connectivity index (χ0v) is 5.99. The maximum absolute atomic E-state index is 7.46. The highest BCUT2D eigenvalue weighted by Crippen LogP contribution is 2.12. The molecule has 1 heterocycles. The van der Waals surface area contributed by atoms with E-state index >= 15 is 0 Å². The molecule has 0 aliphatic heterocycles. The summed E-state index contributed by atoms with van der Waals surface area (Å²) in [6.07, 6.45) is -0.334. The van der Waals surface area contributed by atoms with E-state index in [0.717, 1.165) is 0 Å². The van der Waals surface area contributed by atoms with E-state index in [9.17, 15) is 0 Å². The Morgan fingerprint density at radius 2 is 2.78 bits per heavy atom. The fourth-order valence-corrected chi connectivity index (χ4v) is 0.651. The standard InChI is InChI=1S/C6H7BrN2/c1-4-2-6(7)9-3-5(4)8/h2-3H,8H2,1H3/i1D3,2D,3D. The molecule has 2 N–H and O–H groups in total. The normalized spacial score (nSPS) is 19.0. The average Bonchev–Trinajstić information content (AvgIpc) is 1.98. The van der Waals surface area contributed by atoms with E-state index in [1.165, 1.54) is 0 Å². The lowest BCUT2D eigenvalue weighted by atomic mass is 10.3. The summed E-state index contributed by atoms with van der Waals surface area (Å²) in [6, 6.07) is -0.293. The molecule has 1 aromatic heterocycles. The van der Waals surface area contributed by atoms with E-state index < -0.39 is 6.85 Å². The third-order valence-corrected chi connectivity index (χ3v) is 1.15. The molecular weight excluding hydrogens is 180 g/mol. The van der Waals surface area contributed by atoms with Gasteiger partial charge < -0.3 is 5.73 Å². The van der Waals surface area contributed by atoms with Gasteiger partial charge in [-0.3, -0.25) is 0 Å². The van der Waals surface area contributed by atoms with Crippen LogP contribution in [0.1, 0.15) is 12.4 Å². The molecule has 0 aliphatic rings. The van der Waals surface area contributed by atoms with Crippen molar-refractivity contribution in [3.8, 4) is 0 Å². The van der Waals surface area contributed by atoms with Crippen molar-refractivity contribution in [2.45, 2.75) is 6.85 Å². The Morgan fingerprint density at radius 3 is 3.44 bits per heavy atom. The predicted octanol–water partition coefficient (Wildman–Crippen LogP) is 1.73. The summed E-state index contributed by atoms with van der Waals surface area (Å²) in [5.74, 6) is 0. The Labute approximate surface area is 69.2 Å². The van der Waals surface area contributed by atoms with Gasteiger partial charge in [0.15, 0.2) is 0 Å². The van der Waals surface area contributed by atoms with E-state index in [4.69, 9.17) is 12.6 Å². The van der Waals surface area contributed by atoms with Crippen molar-refractivity contribution in [2.24, 2.45) is 0 Å². The fourth-order valence-electron chi connectivity index (χ4n) is 0.364. The van der Waals surface area contributed by atoms with Gasteiger partial charge in [-0.15, -0.1) is 0 Å². The van der Waals surface area contributed by atoms with Crippen LogP contribution in [-0.4, -0.2) is 4.98 Å². The van der Waals surface area contributed by atoms with Crippen molar-refractivity contribution in [2.75, 3.05) is 5.73 Å². The molecule has 1 aromatic rings. The Bertz CT molecular complexity index is 349. The van der Waals surface area contributed by atoms with Crippen molar-refractivity contribution in [1.82, 2.24) is 4.98 Å². The van der Waals surface area contributed by atoms with Crippen LogP contribution in [0.5, 0.6) is 0 Å². The minimum atomic E-state index is -2.50. The Hall–Kier alpha value is -0.570. The molecule has 3 heteroatoms. The molecule has 0 bridgehead atoms. The molecule has 0 spiro atoms. The summed E-state index contributed by atoms with van der Waals surface area (Å²) < 4.78 is 36.2. The first-order valence-electron chi connectivity index (χ1n) is 4.67. The number of nitrogens with zero attached hydrogens (tertiary/aromatic N) is 1. The number of pyridine rings is 1. The highest BCUT2D eigenvalue weighted by molar-refractivity contribution is 9.10. The zero-order valence-electron chi connectivity index (χ0n) is 9.40. The van der Waals surface area contributed by atoms with Gasteiger partial charge in [-0.05, 0) is 34.4 Å². The highest BCUT2D eigenvalue weighted by atomic mass is 79.9. The van der Waals surface area contributed by atoms with Crippen LogP contribution in [0.2, 0.25) is 0 Å². The van der Waals surface area contributed by atoms with Crippen LogP contribution in [0.15, 0.2) is 16.8 Å². The van der Waals surface area contributed by atoms with Gasteiger partial charge >= 0.3 is 0 Å². The molecule has 0 saturated heterocycles. The van der Waals surface area contributed by atoms with Gasteiger partial charge in [-0.1, -0.05) is 0 Å². The van der Waals surface area contributed by atoms with E-state index in [2.05, 4.69) is 20.9 Å². The lowest BCUT2D eigenvalue weighted by Crippen LogP contribution is -1.89. The van der Waals surface area contributed by atoms with Crippen molar-refractivity contribution < 1.29 is 6.85 Å². The van der Waals surface area contributed by atoms with Crippen molar-refractivity contribution >= 4 is 21.6 Å². The van der Waals surface area contributed by atoms with E-state index in [1.54, 1.807) is 0 Å². The van der Waals surface area contributed by atoms with Crippen LogP contribution in [0.4, 0.5) is 5.69 Å². The molecule has 9 heavy (non-hydrogen) atoms. The lowest BCUT2D eigenvalue weighted by molar-refractivity contribution is 1.25. The minimum absolute atomic E-state index is 0.0165. The maximum atomic E-state index is 7.46. The molecule has 2 nitrogen and oxygen atoms in total. The van der Waals surface area contributed by atoms with Gasteiger partial charge in [-0.2, -0.15) is 0 Å². The molecular formula is C6H7BrN2. The van der Waals surface area contributed by atoms with Gasteiger partial charge in [0.2, 0.25) is 0 Å². The van der Waals surface area contributed by atoms with E-state index in [-0.39, 0.29) is 28.1 Å². The average molecular weight is 192 g/mol. The second kappa shape index (κ2) is 2.35. The van der Waals surface area contributed by atoms with E-state index in [0.29, 0.717) is 0 Å². The number of anilines is 1. The number of aromatic nitrogens is 1. The maximum Gasteiger partial charge on any atom is 0.106 e. The number of hydrogen-bond acceptors (Lipinski definition) is 2. The summed E-state index contributed by atoms with van der Waals surface area (Å²) in [7, 11) is 0. The third-order valence-electron chi connectivity index (χ3n) is 0.772. The van der Waals surface area contributed by atoms with Crippen molar-refractivity contribution in [3.05, 3.63) is 22.4 Å². The Morgan fingerprint density at radius 1 is 2.00 bits per heavy atom. The van der Waals surface area contributed by atoms with Crippen molar-refractivity contribution in [3.63, 3.8) is 0 Å². The Balaban J connectivity index is 3.56. The van der Waals surface area contributed by atoms with Crippen molar-refractivity contribution in [1.29, 1.82) is 0 Å². The first-order valence-corrected chi connectivity index (χ1v) is 2.97. The molecule has 0 atom stereocenters. The van der Waals surface area contributed by atoms with Gasteiger partial charge in [-0.25, -0.2) is 4.98 Å². The lowest BCUT2D eigenvalue weighted by Gasteiger charge is -1.96. The van der Waals surface area contributed by atoms with Crippen LogP contribution >= 0.6 is 15.9 Å². The molecule has 0 unspecified atom stereocenters. The summed E-state index contributed by atoms with van der Waals surface area (Å²) in [5, 5.41) is 0. The third kappa shape index (κ3) is 1.42. The molecule has 0 amide bonds. The first kappa shape index (κ1) is 2.58. The molecule has 0 saturated carbocycles. The largest absolute Gasteiger partial charge is 0.397 e. The Kier molecular flexibility index (Phi) is 0.674. The zero-order chi connectivity index (χ0) is 11.1. The number of hydrogen-bond donors (Lipinski definition) is 1. The molecule has 0 fully saturated rings. The highest BCUT2D eigenvalue weighted by Gasteiger charge is 1.92. The molecule has 1 rings (SSSR count). The van der Waals surface area contributed by atoms with Crippen LogP contribution in [0, 0.1) is 6.85 Å². The van der Waals surface area contributed by atoms with Gasteiger partial charge in [0.05, 0.1) is 14.6 Å². The van der Waals surface area contributed by atoms with Crippen LogP contribution in [-0.2, 0) is 0 Å². The van der Waals surface area contributed by atoms with E-state index in [1.807, 2.05) is 0 Å². The molecule has 0 aromatic carbocycles. The number of halogens is 1. The van der Waals surface area contributed by atoms with Crippen LogP contribution in [0.3, 0.4) is 0 Å². The number of nitrogens with two attached hydrogens (primary N) is 1. The van der Waals surface area contributed by atoms with Crippen LogP contribution in [0.25, 0.3) is 0 Å². The first-order chi connectivity index (χ1) is 6.25. The number of nitrogen functional groups attached to an aromatic ring is 1. The van der Waals surface area contributed by atoms with Crippen LogP contribution < -0.4 is 5.73 Å². The topological polar surface area (TPSA) is 38.9 Å². The van der Waals surface area contributed by atoms with Gasteiger partial charge in [0.1, 0.15) is 4.60 Å². The predicted molar refractivity (Wildman–Crippen MR) is 41.1 cm³/mol. The fraction of sp³-hybridized carbons (Fsp3) is 0.167.